The van der Waals surface area contributed by atoms with Gasteiger partial charge in [-0.05, 0) is 56.0 Å². The molecule has 1 nitrogen and oxygen atoms in total. The largest absolute Gasteiger partial charge is 0.316 e. The van der Waals surface area contributed by atoms with Gasteiger partial charge in [0.25, 0.3) is 0 Å². The van der Waals surface area contributed by atoms with Crippen LogP contribution in [0.15, 0.2) is 12.7 Å². The van der Waals surface area contributed by atoms with E-state index in [2.05, 4.69) is 38.7 Å². The van der Waals surface area contributed by atoms with Gasteiger partial charge in [0.05, 0.1) is 0 Å². The molecule has 0 spiro atoms. The first-order chi connectivity index (χ1) is 8.67. The number of nitrogens with one attached hydrogen (secondary N) is 1. The van der Waals surface area contributed by atoms with Crippen molar-refractivity contribution in [2.75, 3.05) is 13.1 Å². The van der Waals surface area contributed by atoms with Crippen molar-refractivity contribution in [3.63, 3.8) is 0 Å². The van der Waals surface area contributed by atoms with Crippen molar-refractivity contribution in [3.8, 4) is 0 Å². The zero-order chi connectivity index (χ0) is 13.4. The van der Waals surface area contributed by atoms with E-state index in [1.165, 1.54) is 45.1 Å². The van der Waals surface area contributed by atoms with Gasteiger partial charge in [0.1, 0.15) is 0 Å². The fraction of sp³-hybridized carbons (Fsp3) is 0.882. The van der Waals surface area contributed by atoms with Gasteiger partial charge >= 0.3 is 0 Å². The van der Waals surface area contributed by atoms with Crippen molar-refractivity contribution < 1.29 is 0 Å². The predicted molar refractivity (Wildman–Crippen MR) is 81.8 cm³/mol. The molecule has 1 heteroatoms. The fourth-order valence-corrected chi connectivity index (χ4v) is 3.42. The first kappa shape index (κ1) is 15.8. The first-order valence-corrected chi connectivity index (χ1v) is 7.98. The lowest BCUT2D eigenvalue weighted by atomic mass is 9.71. The van der Waals surface area contributed by atoms with E-state index < -0.39 is 0 Å². The zero-order valence-electron chi connectivity index (χ0n) is 12.8. The molecule has 1 fully saturated rings. The van der Waals surface area contributed by atoms with E-state index >= 15 is 0 Å². The van der Waals surface area contributed by atoms with Crippen LogP contribution in [0.1, 0.15) is 59.3 Å². The third kappa shape index (κ3) is 5.56. The molecule has 1 rings (SSSR count). The lowest BCUT2D eigenvalue weighted by molar-refractivity contribution is 0.169. The summed E-state index contributed by atoms with van der Waals surface area (Å²) in [5.74, 6) is 3.52. The summed E-state index contributed by atoms with van der Waals surface area (Å²) in [6.45, 7) is 13.2. The SMILES string of the molecule is C=CCC1CC(CCC)CCC1CNCC(C)C. The minimum absolute atomic E-state index is 0.763. The molecule has 1 aliphatic carbocycles. The van der Waals surface area contributed by atoms with Crippen molar-refractivity contribution in [1.82, 2.24) is 5.32 Å². The molecule has 3 atom stereocenters. The van der Waals surface area contributed by atoms with Crippen LogP contribution in [0.2, 0.25) is 0 Å². The monoisotopic (exact) mass is 251 g/mol. The Morgan fingerprint density at radius 3 is 2.67 bits per heavy atom. The van der Waals surface area contributed by atoms with E-state index in [-0.39, 0.29) is 0 Å². The number of hydrogen-bond donors (Lipinski definition) is 1. The highest BCUT2D eigenvalue weighted by atomic mass is 14.9. The van der Waals surface area contributed by atoms with Crippen LogP contribution in [-0.2, 0) is 0 Å². The molecule has 0 radical (unpaired) electrons. The van der Waals surface area contributed by atoms with Crippen LogP contribution in [-0.4, -0.2) is 13.1 Å². The maximum Gasteiger partial charge on any atom is -0.00176 e. The van der Waals surface area contributed by atoms with Crippen molar-refractivity contribution in [2.24, 2.45) is 23.7 Å². The molecule has 0 amide bonds. The predicted octanol–water partition coefficient (Wildman–Crippen LogP) is 4.64. The molecule has 0 saturated heterocycles. The van der Waals surface area contributed by atoms with Crippen LogP contribution >= 0.6 is 0 Å². The van der Waals surface area contributed by atoms with Crippen LogP contribution in [0.5, 0.6) is 0 Å². The summed E-state index contributed by atoms with van der Waals surface area (Å²) in [6.07, 6.45) is 10.4. The summed E-state index contributed by atoms with van der Waals surface area (Å²) in [7, 11) is 0. The van der Waals surface area contributed by atoms with E-state index in [4.69, 9.17) is 0 Å². The van der Waals surface area contributed by atoms with Gasteiger partial charge in [0, 0.05) is 0 Å². The molecule has 3 unspecified atom stereocenters. The van der Waals surface area contributed by atoms with Gasteiger partial charge in [-0.3, -0.25) is 0 Å². The Morgan fingerprint density at radius 1 is 1.28 bits per heavy atom. The van der Waals surface area contributed by atoms with Gasteiger partial charge in [-0.1, -0.05) is 46.1 Å². The highest BCUT2D eigenvalue weighted by Gasteiger charge is 2.28. The minimum Gasteiger partial charge on any atom is -0.316 e. The molecule has 0 bridgehead atoms. The Morgan fingerprint density at radius 2 is 2.06 bits per heavy atom. The van der Waals surface area contributed by atoms with Crippen molar-refractivity contribution in [3.05, 3.63) is 12.7 Å². The summed E-state index contributed by atoms with van der Waals surface area (Å²) in [4.78, 5) is 0. The molecule has 0 aliphatic heterocycles. The fourth-order valence-electron chi connectivity index (χ4n) is 3.42. The molecule has 18 heavy (non-hydrogen) atoms. The average molecular weight is 251 g/mol. The maximum absolute atomic E-state index is 3.95. The molecule has 0 heterocycles. The highest BCUT2D eigenvalue weighted by Crippen LogP contribution is 2.37. The van der Waals surface area contributed by atoms with E-state index in [1.807, 2.05) is 0 Å². The Bertz CT molecular complexity index is 222. The van der Waals surface area contributed by atoms with Crippen LogP contribution in [0.25, 0.3) is 0 Å². The van der Waals surface area contributed by atoms with Gasteiger partial charge in [0.15, 0.2) is 0 Å². The maximum atomic E-state index is 3.95. The van der Waals surface area contributed by atoms with Crippen molar-refractivity contribution >= 4 is 0 Å². The van der Waals surface area contributed by atoms with E-state index in [1.54, 1.807) is 0 Å². The quantitative estimate of drug-likeness (QED) is 0.620. The van der Waals surface area contributed by atoms with Crippen LogP contribution in [0, 0.1) is 23.7 Å². The second-order valence-corrected chi connectivity index (χ2v) is 6.56. The van der Waals surface area contributed by atoms with Gasteiger partial charge < -0.3 is 5.32 Å². The summed E-state index contributed by atoms with van der Waals surface area (Å²) in [5, 5.41) is 3.66. The summed E-state index contributed by atoms with van der Waals surface area (Å²) in [6, 6.07) is 0. The van der Waals surface area contributed by atoms with Crippen molar-refractivity contribution in [1.29, 1.82) is 0 Å². The zero-order valence-corrected chi connectivity index (χ0v) is 12.8. The molecule has 106 valence electrons. The molecule has 1 N–H and O–H groups in total. The van der Waals surface area contributed by atoms with E-state index in [0.29, 0.717) is 0 Å². The summed E-state index contributed by atoms with van der Waals surface area (Å²) in [5.41, 5.74) is 0. The van der Waals surface area contributed by atoms with Gasteiger partial charge in [-0.15, -0.1) is 6.58 Å². The van der Waals surface area contributed by atoms with E-state index in [9.17, 15) is 0 Å². The molecular weight excluding hydrogens is 218 g/mol. The second kappa shape index (κ2) is 8.74. The van der Waals surface area contributed by atoms with Crippen LogP contribution in [0.3, 0.4) is 0 Å². The highest BCUT2D eigenvalue weighted by molar-refractivity contribution is 4.85. The molecule has 1 aliphatic rings. The lowest BCUT2D eigenvalue weighted by Crippen LogP contribution is -2.34. The summed E-state index contributed by atoms with van der Waals surface area (Å²) >= 11 is 0. The molecule has 0 aromatic carbocycles. The van der Waals surface area contributed by atoms with Crippen LogP contribution < -0.4 is 5.32 Å². The van der Waals surface area contributed by atoms with Gasteiger partial charge in [0.2, 0.25) is 0 Å². The number of hydrogen-bond acceptors (Lipinski definition) is 1. The Labute approximate surface area is 114 Å². The molecular formula is C17H33N. The number of rotatable bonds is 8. The number of allylic oxidation sites excluding steroid dienone is 1. The molecule has 0 aromatic heterocycles. The smallest absolute Gasteiger partial charge is 0.00176 e. The topological polar surface area (TPSA) is 12.0 Å². The van der Waals surface area contributed by atoms with Gasteiger partial charge in [-0.2, -0.15) is 0 Å². The second-order valence-electron chi connectivity index (χ2n) is 6.56. The van der Waals surface area contributed by atoms with E-state index in [0.717, 1.165) is 30.2 Å². The normalized spacial score (nSPS) is 28.6. The van der Waals surface area contributed by atoms with Crippen molar-refractivity contribution in [2.45, 2.75) is 59.3 Å². The average Bonchev–Trinajstić information content (AvgIpc) is 2.32. The Hall–Kier alpha value is -0.300. The standard InChI is InChI=1S/C17H33N/c1-5-7-15-9-10-17(13-18-12-14(3)4)16(11-15)8-6-2/h6,14-18H,2,5,7-13H2,1,3-4H3. The third-order valence-electron chi connectivity index (χ3n) is 4.37. The molecule has 1 saturated carbocycles. The molecule has 0 aromatic rings. The van der Waals surface area contributed by atoms with Crippen LogP contribution in [0.4, 0.5) is 0 Å². The van der Waals surface area contributed by atoms with Gasteiger partial charge in [-0.25, -0.2) is 0 Å². The summed E-state index contributed by atoms with van der Waals surface area (Å²) < 4.78 is 0. The lowest BCUT2D eigenvalue weighted by Gasteiger charge is -2.36. The Kier molecular flexibility index (Phi) is 7.65. The first-order valence-electron chi connectivity index (χ1n) is 7.98. The Balaban J connectivity index is 2.38. The third-order valence-corrected chi connectivity index (χ3v) is 4.37. The minimum atomic E-state index is 0.763.